The Labute approximate surface area is 195 Å². The number of anilines is 3. The third-order valence-corrected chi connectivity index (χ3v) is 6.74. The number of rotatable bonds is 2. The molecule has 0 aliphatic carbocycles. The molecular formula is C25H35BrN4O. The van der Waals surface area contributed by atoms with Gasteiger partial charge in [-0.3, -0.25) is 4.90 Å². The van der Waals surface area contributed by atoms with Gasteiger partial charge in [0.05, 0.1) is 5.69 Å². The summed E-state index contributed by atoms with van der Waals surface area (Å²) in [5.74, 6) is 3.32. The number of hydrogen-bond donors (Lipinski definition) is 1. The highest BCUT2D eigenvalue weighted by Gasteiger charge is 2.33. The zero-order valence-electron chi connectivity index (χ0n) is 19.8. The van der Waals surface area contributed by atoms with Crippen LogP contribution in [0.2, 0.25) is 0 Å². The number of aliphatic hydroxyl groups excluding tert-OH is 1. The fourth-order valence-electron chi connectivity index (χ4n) is 4.99. The van der Waals surface area contributed by atoms with Crippen LogP contribution in [0.4, 0.5) is 17.3 Å². The normalized spacial score (nSPS) is 20.6. The van der Waals surface area contributed by atoms with Crippen LogP contribution in [0.1, 0.15) is 68.5 Å². The zero-order valence-corrected chi connectivity index (χ0v) is 21.4. The summed E-state index contributed by atoms with van der Waals surface area (Å²) >= 11 is 3.64. The number of aryl methyl sites for hydroxylation is 3. The monoisotopic (exact) mass is 486 g/mol. The lowest BCUT2D eigenvalue weighted by Crippen LogP contribution is -2.39. The molecule has 0 amide bonds. The molecular weight excluding hydrogens is 452 g/mol. The Kier molecular flexibility index (Phi) is 7.43. The molecule has 6 heteroatoms. The Balaban J connectivity index is 0.00000132. The maximum absolute atomic E-state index is 7.00. The third-order valence-electron chi connectivity index (χ3n) is 6.28. The molecule has 2 aromatic rings. The van der Waals surface area contributed by atoms with Crippen LogP contribution in [-0.2, 0) is 0 Å². The summed E-state index contributed by atoms with van der Waals surface area (Å²) in [6.45, 7) is 14.3. The van der Waals surface area contributed by atoms with E-state index in [1.54, 1.807) is 0 Å². The minimum atomic E-state index is 0.294. The van der Waals surface area contributed by atoms with E-state index in [4.69, 9.17) is 15.1 Å². The Morgan fingerprint density at radius 1 is 0.968 bits per heavy atom. The van der Waals surface area contributed by atoms with E-state index in [0.717, 1.165) is 35.6 Å². The van der Waals surface area contributed by atoms with Crippen LogP contribution in [0.5, 0.6) is 0 Å². The molecule has 1 fully saturated rings. The lowest BCUT2D eigenvalue weighted by atomic mass is 9.93. The zero-order chi connectivity index (χ0) is 22.9. The van der Waals surface area contributed by atoms with Crippen molar-refractivity contribution in [3.8, 4) is 0 Å². The van der Waals surface area contributed by atoms with Crippen LogP contribution in [-0.4, -0.2) is 34.8 Å². The summed E-state index contributed by atoms with van der Waals surface area (Å²) in [4.78, 5) is 14.8. The second-order valence-electron chi connectivity index (χ2n) is 8.69. The topological polar surface area (TPSA) is 52.5 Å². The van der Waals surface area contributed by atoms with Gasteiger partial charge in [0.2, 0.25) is 0 Å². The standard InChI is InChI=1S/C24H31BrN4.CH4O/c1-14-11-18(5)29(22-15(2)12-20(25)13-16(22)3)24-21(14)23(26-19(6)27-24)28-10-8-7-9-17(28)4;1-2/h11-14,17H,7-10H2,1-6H3;2H,1H3. The van der Waals surface area contributed by atoms with Gasteiger partial charge in [-0.05, 0) is 77.1 Å². The Bertz CT molecular complexity index is 965. The molecule has 0 spiro atoms. The number of benzene rings is 1. The highest BCUT2D eigenvalue weighted by atomic mass is 79.9. The predicted octanol–water partition coefficient (Wildman–Crippen LogP) is 6.31. The summed E-state index contributed by atoms with van der Waals surface area (Å²) in [6, 6.07) is 4.90. The highest BCUT2D eigenvalue weighted by Crippen LogP contribution is 2.46. The molecule has 1 N–H and O–H groups in total. The molecule has 0 bridgehead atoms. The third kappa shape index (κ3) is 4.51. The quantitative estimate of drug-likeness (QED) is 0.538. The van der Waals surface area contributed by atoms with Crippen molar-refractivity contribution in [3.63, 3.8) is 0 Å². The van der Waals surface area contributed by atoms with Crippen molar-refractivity contribution in [2.45, 2.75) is 72.8 Å². The number of nitrogens with zero attached hydrogens (tertiary/aromatic N) is 4. The second-order valence-corrected chi connectivity index (χ2v) is 9.61. The van der Waals surface area contributed by atoms with E-state index >= 15 is 0 Å². The van der Waals surface area contributed by atoms with Crippen molar-refractivity contribution in [2.24, 2.45) is 0 Å². The second kappa shape index (κ2) is 9.70. The smallest absolute Gasteiger partial charge is 0.147 e. The number of halogens is 1. The van der Waals surface area contributed by atoms with E-state index in [1.165, 1.54) is 47.3 Å². The molecule has 2 aliphatic heterocycles. The lowest BCUT2D eigenvalue weighted by Gasteiger charge is -2.40. The molecule has 31 heavy (non-hydrogen) atoms. The average Bonchev–Trinajstić information content (AvgIpc) is 2.70. The fraction of sp³-hybridized carbons (Fsp3) is 0.520. The van der Waals surface area contributed by atoms with Gasteiger partial charge in [0.25, 0.3) is 0 Å². The van der Waals surface area contributed by atoms with Crippen LogP contribution in [0.25, 0.3) is 0 Å². The van der Waals surface area contributed by atoms with Crippen LogP contribution < -0.4 is 9.80 Å². The minimum absolute atomic E-state index is 0.294. The summed E-state index contributed by atoms with van der Waals surface area (Å²) in [5, 5.41) is 7.00. The molecule has 1 aromatic heterocycles. The molecule has 3 heterocycles. The van der Waals surface area contributed by atoms with Gasteiger partial charge in [-0.25, -0.2) is 9.97 Å². The van der Waals surface area contributed by atoms with Gasteiger partial charge >= 0.3 is 0 Å². The van der Waals surface area contributed by atoms with Crippen LogP contribution in [0.3, 0.4) is 0 Å². The van der Waals surface area contributed by atoms with E-state index < -0.39 is 0 Å². The SMILES string of the molecule is CC1=CC(C)c2c(nc(C)nc2N2CCCCC2C)N1c1c(C)cc(Br)cc1C.CO. The van der Waals surface area contributed by atoms with Gasteiger partial charge < -0.3 is 10.0 Å². The van der Waals surface area contributed by atoms with Crippen LogP contribution in [0.15, 0.2) is 28.4 Å². The van der Waals surface area contributed by atoms with Crippen molar-refractivity contribution in [2.75, 3.05) is 23.5 Å². The van der Waals surface area contributed by atoms with Gasteiger partial charge in [-0.2, -0.15) is 0 Å². The summed E-state index contributed by atoms with van der Waals surface area (Å²) in [6.07, 6.45) is 6.14. The van der Waals surface area contributed by atoms with E-state index in [-0.39, 0.29) is 0 Å². The largest absolute Gasteiger partial charge is 0.400 e. The molecule has 1 saturated heterocycles. The maximum atomic E-state index is 7.00. The molecule has 2 unspecified atom stereocenters. The Morgan fingerprint density at radius 3 is 2.19 bits per heavy atom. The Morgan fingerprint density at radius 2 is 1.58 bits per heavy atom. The lowest BCUT2D eigenvalue weighted by molar-refractivity contribution is 0.399. The van der Waals surface area contributed by atoms with Gasteiger partial charge in [0, 0.05) is 41.3 Å². The molecule has 1 aromatic carbocycles. The Hall–Kier alpha value is -1.92. The fourth-order valence-corrected chi connectivity index (χ4v) is 5.67. The van der Waals surface area contributed by atoms with Crippen molar-refractivity contribution < 1.29 is 5.11 Å². The molecule has 4 rings (SSSR count). The first-order valence-electron chi connectivity index (χ1n) is 11.1. The summed E-state index contributed by atoms with van der Waals surface area (Å²) in [7, 11) is 1.00. The van der Waals surface area contributed by atoms with E-state index in [0.29, 0.717) is 12.0 Å². The number of piperidine rings is 1. The first-order valence-corrected chi connectivity index (χ1v) is 11.9. The average molecular weight is 487 g/mol. The number of aliphatic hydroxyl groups is 1. The molecule has 5 nitrogen and oxygen atoms in total. The van der Waals surface area contributed by atoms with Gasteiger partial charge in [0.15, 0.2) is 0 Å². The van der Waals surface area contributed by atoms with Crippen LogP contribution in [0, 0.1) is 20.8 Å². The predicted molar refractivity (Wildman–Crippen MR) is 133 cm³/mol. The molecule has 0 radical (unpaired) electrons. The van der Waals surface area contributed by atoms with Gasteiger partial charge in [0.1, 0.15) is 17.5 Å². The summed E-state index contributed by atoms with van der Waals surface area (Å²) in [5.41, 5.74) is 6.21. The maximum Gasteiger partial charge on any atom is 0.147 e. The molecule has 2 aliphatic rings. The minimum Gasteiger partial charge on any atom is -0.400 e. The van der Waals surface area contributed by atoms with Crippen LogP contribution >= 0.6 is 15.9 Å². The molecule has 2 atom stereocenters. The first kappa shape index (κ1) is 23.7. The van der Waals surface area contributed by atoms with Crippen molar-refractivity contribution >= 4 is 33.3 Å². The van der Waals surface area contributed by atoms with Gasteiger partial charge in [-0.15, -0.1) is 0 Å². The number of fused-ring (bicyclic) bond motifs is 1. The highest BCUT2D eigenvalue weighted by molar-refractivity contribution is 9.10. The number of aromatic nitrogens is 2. The van der Waals surface area contributed by atoms with Crippen molar-refractivity contribution in [3.05, 3.63) is 50.9 Å². The van der Waals surface area contributed by atoms with E-state index in [2.05, 4.69) is 78.6 Å². The van der Waals surface area contributed by atoms with Gasteiger partial charge in [-0.1, -0.05) is 28.9 Å². The molecule has 0 saturated carbocycles. The van der Waals surface area contributed by atoms with E-state index in [1.807, 2.05) is 6.92 Å². The van der Waals surface area contributed by atoms with Crippen molar-refractivity contribution in [1.29, 1.82) is 0 Å². The first-order chi connectivity index (χ1) is 14.8. The van der Waals surface area contributed by atoms with E-state index in [9.17, 15) is 0 Å². The number of hydrogen-bond acceptors (Lipinski definition) is 5. The summed E-state index contributed by atoms with van der Waals surface area (Å²) < 4.78 is 1.12. The number of allylic oxidation sites excluding steroid dienone is 2. The van der Waals surface area contributed by atoms with Crippen molar-refractivity contribution in [1.82, 2.24) is 9.97 Å². The molecule has 168 valence electrons.